The first kappa shape index (κ1) is 16.6. The number of hydrogen-bond donors (Lipinski definition) is 3. The van der Waals surface area contributed by atoms with Gasteiger partial charge in [-0.2, -0.15) is 0 Å². The summed E-state index contributed by atoms with van der Waals surface area (Å²) in [5, 5.41) is 8.34. The van der Waals surface area contributed by atoms with Crippen LogP contribution in [0.15, 0.2) is 65.9 Å². The predicted molar refractivity (Wildman–Crippen MR) is 95.2 cm³/mol. The van der Waals surface area contributed by atoms with E-state index < -0.39 is 6.04 Å². The van der Waals surface area contributed by atoms with E-state index in [1.165, 1.54) is 0 Å². The summed E-state index contributed by atoms with van der Waals surface area (Å²) in [5.74, 6) is 0.436. The molecule has 0 unspecified atom stereocenters. The Morgan fingerprint density at radius 1 is 1.08 bits per heavy atom. The summed E-state index contributed by atoms with van der Waals surface area (Å²) in [6.07, 6.45) is 0. The molecule has 0 spiro atoms. The highest BCUT2D eigenvalue weighted by Gasteiger charge is 2.31. The Bertz CT molecular complexity index is 814. The molecule has 1 heterocycles. The summed E-state index contributed by atoms with van der Waals surface area (Å²) in [4.78, 5) is 24.7. The zero-order chi connectivity index (χ0) is 17.8. The highest BCUT2D eigenvalue weighted by atomic mass is 16.5. The number of allylic oxidation sites excluding steroid dienone is 1. The molecule has 0 aromatic heterocycles. The summed E-state index contributed by atoms with van der Waals surface area (Å²) >= 11 is 0. The molecule has 2 aromatic rings. The minimum atomic E-state index is -0.506. The van der Waals surface area contributed by atoms with E-state index in [4.69, 9.17) is 4.74 Å². The Balaban J connectivity index is 1.89. The van der Waals surface area contributed by atoms with Gasteiger partial charge in [0.25, 0.3) is 5.91 Å². The predicted octanol–water partition coefficient (Wildman–Crippen LogP) is 2.96. The Kier molecular flexibility index (Phi) is 4.70. The van der Waals surface area contributed by atoms with Crippen molar-refractivity contribution in [3.63, 3.8) is 0 Å². The lowest BCUT2D eigenvalue weighted by Gasteiger charge is -2.28. The molecule has 3 N–H and O–H groups in total. The maximum atomic E-state index is 12.8. The number of hydrogen-bond acceptors (Lipinski definition) is 3. The zero-order valence-electron chi connectivity index (χ0n) is 14.0. The van der Waals surface area contributed by atoms with Crippen molar-refractivity contribution in [3.8, 4) is 5.75 Å². The third-order valence-corrected chi connectivity index (χ3v) is 3.99. The first-order valence-electron chi connectivity index (χ1n) is 7.87. The van der Waals surface area contributed by atoms with Gasteiger partial charge in [-0.05, 0) is 36.8 Å². The lowest BCUT2D eigenvalue weighted by molar-refractivity contribution is -0.113. The van der Waals surface area contributed by atoms with Gasteiger partial charge in [0.2, 0.25) is 0 Å². The van der Waals surface area contributed by atoms with Gasteiger partial charge in [-0.1, -0.05) is 30.3 Å². The Labute approximate surface area is 145 Å². The molecule has 1 aliphatic heterocycles. The number of ether oxygens (including phenoxy) is 1. The molecule has 0 aliphatic carbocycles. The van der Waals surface area contributed by atoms with E-state index in [9.17, 15) is 9.59 Å². The molecule has 2 aromatic carbocycles. The first-order chi connectivity index (χ1) is 12.1. The van der Waals surface area contributed by atoms with Crippen molar-refractivity contribution >= 4 is 17.6 Å². The lowest BCUT2D eigenvalue weighted by atomic mass is 9.95. The van der Waals surface area contributed by atoms with Gasteiger partial charge >= 0.3 is 6.03 Å². The number of carbonyl (C=O) groups is 2. The van der Waals surface area contributed by atoms with Gasteiger partial charge in [0.05, 0.1) is 18.7 Å². The van der Waals surface area contributed by atoms with Crippen molar-refractivity contribution in [1.29, 1.82) is 0 Å². The molecular formula is C19H19N3O3. The minimum absolute atomic E-state index is 0.274. The van der Waals surface area contributed by atoms with Crippen LogP contribution in [0.25, 0.3) is 0 Å². The molecule has 1 aliphatic rings. The number of urea groups is 1. The van der Waals surface area contributed by atoms with Gasteiger partial charge in [-0.3, -0.25) is 4.79 Å². The van der Waals surface area contributed by atoms with Crippen LogP contribution in [0.2, 0.25) is 0 Å². The molecule has 0 saturated carbocycles. The number of carbonyl (C=O) groups excluding carboxylic acids is 2. The van der Waals surface area contributed by atoms with Crippen LogP contribution in [0.4, 0.5) is 10.5 Å². The average Bonchev–Trinajstić information content (AvgIpc) is 2.62. The van der Waals surface area contributed by atoms with E-state index in [1.54, 1.807) is 38.3 Å². The molecule has 6 nitrogen and oxygen atoms in total. The smallest absolute Gasteiger partial charge is 0.319 e. The third-order valence-electron chi connectivity index (χ3n) is 3.99. The number of methoxy groups -OCH3 is 1. The van der Waals surface area contributed by atoms with Crippen LogP contribution < -0.4 is 20.7 Å². The normalized spacial score (nSPS) is 16.7. The van der Waals surface area contributed by atoms with E-state index in [2.05, 4.69) is 16.0 Å². The van der Waals surface area contributed by atoms with E-state index in [0.29, 0.717) is 22.7 Å². The number of benzene rings is 2. The number of amides is 3. The second-order valence-corrected chi connectivity index (χ2v) is 5.66. The van der Waals surface area contributed by atoms with Crippen LogP contribution in [0.5, 0.6) is 5.75 Å². The van der Waals surface area contributed by atoms with Crippen LogP contribution in [0, 0.1) is 0 Å². The standard InChI is InChI=1S/C19H19N3O3/c1-12-16(18(23)21-14-8-10-15(25-2)11-9-14)17(22-19(24)20-12)13-6-4-3-5-7-13/h3-11,17H,1-2H3,(H,21,23)(H2,20,22,24)/t17-/m0/s1. The van der Waals surface area contributed by atoms with Gasteiger partial charge in [0, 0.05) is 11.4 Å². The molecule has 1 atom stereocenters. The van der Waals surface area contributed by atoms with Crippen molar-refractivity contribution in [2.75, 3.05) is 12.4 Å². The van der Waals surface area contributed by atoms with Gasteiger partial charge in [0.1, 0.15) is 5.75 Å². The largest absolute Gasteiger partial charge is 0.497 e. The van der Waals surface area contributed by atoms with Crippen LogP contribution in [-0.2, 0) is 4.79 Å². The highest BCUT2D eigenvalue weighted by Crippen LogP contribution is 2.27. The van der Waals surface area contributed by atoms with E-state index >= 15 is 0 Å². The van der Waals surface area contributed by atoms with Crippen molar-refractivity contribution < 1.29 is 14.3 Å². The van der Waals surface area contributed by atoms with Gasteiger partial charge in [-0.15, -0.1) is 0 Å². The van der Waals surface area contributed by atoms with Crippen molar-refractivity contribution in [1.82, 2.24) is 10.6 Å². The molecule has 6 heteroatoms. The van der Waals surface area contributed by atoms with Crippen LogP contribution in [0.3, 0.4) is 0 Å². The van der Waals surface area contributed by atoms with E-state index in [1.807, 2.05) is 30.3 Å². The quantitative estimate of drug-likeness (QED) is 0.802. The monoisotopic (exact) mass is 337 g/mol. The fourth-order valence-corrected chi connectivity index (χ4v) is 2.76. The highest BCUT2D eigenvalue weighted by molar-refractivity contribution is 6.06. The van der Waals surface area contributed by atoms with Crippen molar-refractivity contribution in [2.45, 2.75) is 13.0 Å². The number of anilines is 1. The summed E-state index contributed by atoms with van der Waals surface area (Å²) in [7, 11) is 1.59. The third kappa shape index (κ3) is 3.63. The molecule has 128 valence electrons. The topological polar surface area (TPSA) is 79.5 Å². The average molecular weight is 337 g/mol. The lowest BCUT2D eigenvalue weighted by Crippen LogP contribution is -2.45. The zero-order valence-corrected chi connectivity index (χ0v) is 14.0. The summed E-state index contributed by atoms with van der Waals surface area (Å²) in [6, 6.07) is 15.6. The molecule has 3 amide bonds. The second-order valence-electron chi connectivity index (χ2n) is 5.66. The summed E-state index contributed by atoms with van der Waals surface area (Å²) in [6.45, 7) is 1.72. The van der Waals surface area contributed by atoms with E-state index in [0.717, 1.165) is 5.56 Å². The Morgan fingerprint density at radius 3 is 2.40 bits per heavy atom. The molecule has 3 rings (SSSR count). The fourth-order valence-electron chi connectivity index (χ4n) is 2.76. The molecule has 0 saturated heterocycles. The second kappa shape index (κ2) is 7.09. The fraction of sp³-hybridized carbons (Fsp3) is 0.158. The van der Waals surface area contributed by atoms with Crippen LogP contribution in [-0.4, -0.2) is 19.0 Å². The maximum Gasteiger partial charge on any atom is 0.319 e. The van der Waals surface area contributed by atoms with E-state index in [-0.39, 0.29) is 11.9 Å². The van der Waals surface area contributed by atoms with Crippen molar-refractivity contribution in [2.24, 2.45) is 0 Å². The minimum Gasteiger partial charge on any atom is -0.497 e. The van der Waals surface area contributed by atoms with Crippen LogP contribution >= 0.6 is 0 Å². The van der Waals surface area contributed by atoms with Crippen LogP contribution in [0.1, 0.15) is 18.5 Å². The van der Waals surface area contributed by atoms with Crippen molar-refractivity contribution in [3.05, 3.63) is 71.4 Å². The molecule has 25 heavy (non-hydrogen) atoms. The number of rotatable bonds is 4. The molecular weight excluding hydrogens is 318 g/mol. The maximum absolute atomic E-state index is 12.8. The molecule has 0 bridgehead atoms. The SMILES string of the molecule is COc1ccc(NC(=O)C2=C(C)NC(=O)N[C@H]2c2ccccc2)cc1. The van der Waals surface area contributed by atoms with Gasteiger partial charge in [-0.25, -0.2) is 4.79 Å². The molecule has 0 fully saturated rings. The molecule has 0 radical (unpaired) electrons. The van der Waals surface area contributed by atoms with Gasteiger partial charge in [0.15, 0.2) is 0 Å². The summed E-state index contributed by atoms with van der Waals surface area (Å²) in [5.41, 5.74) is 2.50. The Morgan fingerprint density at radius 2 is 1.76 bits per heavy atom. The number of nitrogens with one attached hydrogen (secondary N) is 3. The summed E-state index contributed by atoms with van der Waals surface area (Å²) < 4.78 is 5.11. The van der Waals surface area contributed by atoms with Gasteiger partial charge < -0.3 is 20.7 Å². The first-order valence-corrected chi connectivity index (χ1v) is 7.87. The Hall–Kier alpha value is -3.28.